The third kappa shape index (κ3) is 7.24. The lowest BCUT2D eigenvalue weighted by Crippen LogP contribution is -2.60. The predicted molar refractivity (Wildman–Crippen MR) is 320 cm³/mol. The maximum absolute atomic E-state index is 7.35. The van der Waals surface area contributed by atoms with E-state index >= 15 is 0 Å². The smallest absolute Gasteiger partial charge is 0.297 e. The van der Waals surface area contributed by atoms with Crippen LogP contribution in [0.5, 0.6) is 0 Å². The quantitative estimate of drug-likeness (QED) is 0.140. The summed E-state index contributed by atoms with van der Waals surface area (Å²) in [6.07, 6.45) is 1.74. The minimum atomic E-state index is -0.0660. The van der Waals surface area contributed by atoms with Crippen molar-refractivity contribution in [1.29, 1.82) is 0 Å². The predicted octanol–water partition coefficient (Wildman–Crippen LogP) is 18.0. The van der Waals surface area contributed by atoms with Gasteiger partial charge in [-0.05, 0) is 126 Å². The van der Waals surface area contributed by atoms with Crippen LogP contribution in [0.2, 0.25) is 5.02 Å². The van der Waals surface area contributed by atoms with E-state index in [1.54, 1.807) is 6.26 Å². The van der Waals surface area contributed by atoms with Crippen LogP contribution in [0.1, 0.15) is 0 Å². The first-order chi connectivity index (χ1) is 38.7. The van der Waals surface area contributed by atoms with Crippen LogP contribution >= 0.6 is 11.6 Å². The Kier molecular flexibility index (Phi) is 10.8. The first-order valence-corrected chi connectivity index (χ1v) is 26.3. The highest BCUT2D eigenvalue weighted by Gasteiger charge is 2.47. The molecule has 14 aromatic rings. The first kappa shape index (κ1) is 45.3. The molecular weight excluding hydrogens is 983 g/mol. The number of nitrogens with zero attached hydrogens (tertiary/aromatic N) is 4. The van der Waals surface area contributed by atoms with E-state index in [1.807, 2.05) is 115 Å². The zero-order valence-corrected chi connectivity index (χ0v) is 42.5. The number of halogens is 1. The Balaban J connectivity index is 0.000000136. The number of hydrogen-bond acceptors (Lipinski definition) is 8. The Morgan fingerprint density at radius 2 is 0.821 bits per heavy atom. The lowest BCUT2D eigenvalue weighted by molar-refractivity contribution is 0.616. The summed E-state index contributed by atoms with van der Waals surface area (Å²) in [6.45, 7) is -0.0660. The molecule has 2 aliphatic heterocycles. The van der Waals surface area contributed by atoms with Crippen LogP contribution < -0.4 is 36.2 Å². The molecule has 0 atom stereocenters. The third-order valence-electron chi connectivity index (χ3n) is 14.8. The number of hydrogen-bond donors (Lipinski definition) is 0. The molecule has 10 aromatic carbocycles. The van der Waals surface area contributed by atoms with Gasteiger partial charge in [-0.15, -0.1) is 0 Å². The molecular formula is C68H44BClN4O4. The molecule has 0 saturated heterocycles. The van der Waals surface area contributed by atoms with Crippen LogP contribution in [0.25, 0.3) is 44.3 Å². The average molecular weight is 1030 g/mol. The van der Waals surface area contributed by atoms with Gasteiger partial charge in [0.05, 0.1) is 27.2 Å². The van der Waals surface area contributed by atoms with Gasteiger partial charge in [-0.1, -0.05) is 157 Å². The lowest BCUT2D eigenvalue weighted by atomic mass is 9.35. The number of benzene rings is 10. The van der Waals surface area contributed by atoms with Gasteiger partial charge in [-0.2, -0.15) is 0 Å². The van der Waals surface area contributed by atoms with Gasteiger partial charge < -0.3 is 37.3 Å². The number of furan rings is 4. The third-order valence-corrected chi connectivity index (χ3v) is 15.2. The normalized spacial score (nSPS) is 12.3. The molecule has 0 aliphatic carbocycles. The van der Waals surface area contributed by atoms with E-state index in [0.717, 1.165) is 107 Å². The maximum Gasteiger partial charge on any atom is 0.297 e. The van der Waals surface area contributed by atoms with Crippen molar-refractivity contribution in [3.63, 3.8) is 0 Å². The van der Waals surface area contributed by atoms with E-state index < -0.39 is 0 Å². The fourth-order valence-corrected chi connectivity index (χ4v) is 11.8. The van der Waals surface area contributed by atoms with Crippen molar-refractivity contribution in [3.8, 4) is 0 Å². The number of anilines is 12. The summed E-state index contributed by atoms with van der Waals surface area (Å²) in [5.41, 5.74) is 20.0. The second-order valence-electron chi connectivity index (χ2n) is 19.3. The van der Waals surface area contributed by atoms with E-state index in [0.29, 0.717) is 16.2 Å². The van der Waals surface area contributed by atoms with Gasteiger partial charge in [0.25, 0.3) is 6.71 Å². The van der Waals surface area contributed by atoms with Crippen molar-refractivity contribution >= 4 is 147 Å². The molecule has 8 nitrogen and oxygen atoms in total. The number of para-hydroxylation sites is 8. The standard InChI is InChI=1S/C34H21BN2O2.C34H23ClN2O2/c1-3-12-22(13-4-1)36-26-18-9-8-17-25(26)35-30-27(36)19-11-20-28(30)37(23-14-5-2-6-15-23)31-33-32(39-34(31)35)24-16-7-10-21-29(24)38-33;35-32-28(36(24-13-4-1-5-14-24)25-15-6-2-7-16-25)20-12-21-29(32)37(26-17-8-3-9-18-26)30-23-38-33-27-19-10-11-22-31(27)39-34(30)33/h1-21H;1-23H. The monoisotopic (exact) mass is 1030 g/mol. The molecule has 6 heterocycles. The molecule has 16 rings (SSSR count). The van der Waals surface area contributed by atoms with Gasteiger partial charge in [0.2, 0.25) is 0 Å². The molecule has 10 heteroatoms. The highest BCUT2D eigenvalue weighted by Crippen LogP contribution is 2.51. The van der Waals surface area contributed by atoms with E-state index in [2.05, 4.69) is 165 Å². The van der Waals surface area contributed by atoms with E-state index in [-0.39, 0.29) is 6.71 Å². The lowest BCUT2D eigenvalue weighted by Gasteiger charge is -2.42. The van der Waals surface area contributed by atoms with Crippen molar-refractivity contribution < 1.29 is 17.7 Å². The first-order valence-electron chi connectivity index (χ1n) is 26.0. The summed E-state index contributed by atoms with van der Waals surface area (Å²) in [5.74, 6) is 0. The Hall–Kier alpha value is -10.1. The molecule has 4 aromatic heterocycles. The Morgan fingerprint density at radius 1 is 0.359 bits per heavy atom. The van der Waals surface area contributed by atoms with Crippen molar-refractivity contribution in [2.75, 3.05) is 19.6 Å². The van der Waals surface area contributed by atoms with Crippen molar-refractivity contribution in [1.82, 2.24) is 0 Å². The van der Waals surface area contributed by atoms with Crippen LogP contribution in [0.3, 0.4) is 0 Å². The summed E-state index contributed by atoms with van der Waals surface area (Å²) >= 11 is 7.35. The second-order valence-corrected chi connectivity index (χ2v) is 19.7. The van der Waals surface area contributed by atoms with Crippen molar-refractivity contribution in [3.05, 3.63) is 272 Å². The molecule has 2 aliphatic rings. The zero-order chi connectivity index (χ0) is 51.7. The van der Waals surface area contributed by atoms with Gasteiger partial charge in [-0.3, -0.25) is 0 Å². The number of fused-ring (bicyclic) bond motifs is 11. The van der Waals surface area contributed by atoms with Crippen LogP contribution in [-0.4, -0.2) is 6.71 Å². The van der Waals surface area contributed by atoms with Crippen molar-refractivity contribution in [2.24, 2.45) is 0 Å². The number of rotatable bonds is 8. The van der Waals surface area contributed by atoms with Crippen LogP contribution in [0.4, 0.5) is 68.2 Å². The molecule has 0 fully saturated rings. The zero-order valence-electron chi connectivity index (χ0n) is 41.8. The minimum Gasteiger partial charge on any atom is -0.464 e. The molecule has 0 saturated carbocycles. The van der Waals surface area contributed by atoms with Crippen LogP contribution in [0.15, 0.2) is 285 Å². The van der Waals surface area contributed by atoms with Gasteiger partial charge >= 0.3 is 0 Å². The molecule has 0 unspecified atom stereocenters. The molecule has 0 bridgehead atoms. The topological polar surface area (TPSA) is 65.5 Å². The average Bonchev–Trinajstić information content (AvgIpc) is 4.43. The SMILES string of the molecule is Clc1c(N(c2ccccc2)c2ccccc2)cccc1N(c1ccccc1)c1coc2c1oc1ccccc12.c1ccc(N2c3ccccc3B3c4oc5c(oc6ccccc65)c4N(c4ccccc4)c4cccc2c43)cc1. The van der Waals surface area contributed by atoms with Gasteiger partial charge in [0, 0.05) is 45.5 Å². The largest absolute Gasteiger partial charge is 0.464 e. The van der Waals surface area contributed by atoms with E-state index in [4.69, 9.17) is 29.3 Å². The molecule has 0 spiro atoms. The summed E-state index contributed by atoms with van der Waals surface area (Å²) in [4.78, 5) is 8.95. The van der Waals surface area contributed by atoms with E-state index in [9.17, 15) is 0 Å². The van der Waals surface area contributed by atoms with Gasteiger partial charge in [-0.25, -0.2) is 0 Å². The van der Waals surface area contributed by atoms with Gasteiger partial charge in [0.1, 0.15) is 34.5 Å². The molecule has 0 radical (unpaired) electrons. The molecule has 0 N–H and O–H groups in total. The highest BCUT2D eigenvalue weighted by molar-refractivity contribution is 7.00. The fraction of sp³-hybridized carbons (Fsp3) is 0. The maximum atomic E-state index is 7.35. The van der Waals surface area contributed by atoms with Gasteiger partial charge in [0.15, 0.2) is 22.3 Å². The summed E-state index contributed by atoms with van der Waals surface area (Å²) < 4.78 is 25.8. The summed E-state index contributed by atoms with van der Waals surface area (Å²) in [6, 6.07) is 89.1. The summed E-state index contributed by atoms with van der Waals surface area (Å²) in [7, 11) is 0. The van der Waals surface area contributed by atoms with Crippen molar-refractivity contribution in [2.45, 2.75) is 0 Å². The second kappa shape index (κ2) is 18.6. The van der Waals surface area contributed by atoms with Crippen LogP contribution in [-0.2, 0) is 0 Å². The summed E-state index contributed by atoms with van der Waals surface area (Å²) in [5, 5.41) is 2.53. The Bertz CT molecular complexity index is 4460. The Morgan fingerprint density at radius 3 is 1.45 bits per heavy atom. The highest BCUT2D eigenvalue weighted by atomic mass is 35.5. The fourth-order valence-electron chi connectivity index (χ4n) is 11.5. The molecule has 0 amide bonds. The van der Waals surface area contributed by atoms with E-state index in [1.165, 1.54) is 10.9 Å². The Labute approximate surface area is 454 Å². The van der Waals surface area contributed by atoms with Crippen LogP contribution in [0, 0.1) is 0 Å². The molecule has 78 heavy (non-hydrogen) atoms. The minimum absolute atomic E-state index is 0.0660. The molecule has 370 valence electrons.